The van der Waals surface area contributed by atoms with Crippen LogP contribution in [-0.2, 0) is 16.1 Å². The smallest absolute Gasteiger partial charge is 0.295 e. The van der Waals surface area contributed by atoms with Gasteiger partial charge in [-0.05, 0) is 60.0 Å². The van der Waals surface area contributed by atoms with Crippen LogP contribution in [-0.4, -0.2) is 47.4 Å². The van der Waals surface area contributed by atoms with Crippen LogP contribution in [0, 0.1) is 0 Å². The van der Waals surface area contributed by atoms with E-state index in [1.54, 1.807) is 42.7 Å². The molecule has 0 spiro atoms. The Balaban J connectivity index is 1.78. The number of likely N-dealkylation sites (tertiary alicyclic amines) is 1. The molecule has 2 aromatic carbocycles. The van der Waals surface area contributed by atoms with Crippen molar-refractivity contribution in [2.45, 2.75) is 25.9 Å². The van der Waals surface area contributed by atoms with Crippen LogP contribution in [0.15, 0.2) is 78.6 Å². The summed E-state index contributed by atoms with van der Waals surface area (Å²) < 4.78 is 5.62. The van der Waals surface area contributed by atoms with E-state index >= 15 is 0 Å². The average Bonchev–Trinajstić information content (AvgIpc) is 3.13. The fraction of sp³-hybridized carbons (Fsp3) is 0.250. The lowest BCUT2D eigenvalue weighted by atomic mass is 9.95. The van der Waals surface area contributed by atoms with Crippen molar-refractivity contribution in [1.29, 1.82) is 0 Å². The number of aliphatic hydroxyl groups excluding tert-OH is 1. The average molecular weight is 472 g/mol. The summed E-state index contributed by atoms with van der Waals surface area (Å²) in [5, 5.41) is 11.3. The standard InChI is InChI=1S/C28H29N3O4/c1-4-16-35-23-13-9-21(10-14-23)26(32)24-25(20-7-11-22(12-8-20)30(2)3)31(28(34)27(24)33)18-19-6-5-15-29-17-19/h5-15,17,25,32H,4,16,18H2,1-3H3/b26-24-. The van der Waals surface area contributed by atoms with Crippen molar-refractivity contribution < 1.29 is 19.4 Å². The number of ketones is 1. The Morgan fingerprint density at radius 3 is 2.37 bits per heavy atom. The van der Waals surface area contributed by atoms with Crippen LogP contribution in [0.1, 0.15) is 36.1 Å². The molecule has 1 aromatic heterocycles. The molecule has 0 saturated carbocycles. The van der Waals surface area contributed by atoms with E-state index in [2.05, 4.69) is 4.98 Å². The van der Waals surface area contributed by atoms with E-state index in [1.165, 1.54) is 4.90 Å². The minimum Gasteiger partial charge on any atom is -0.507 e. The van der Waals surface area contributed by atoms with Crippen molar-refractivity contribution in [1.82, 2.24) is 9.88 Å². The second-order valence-electron chi connectivity index (χ2n) is 8.65. The van der Waals surface area contributed by atoms with E-state index in [0.29, 0.717) is 17.9 Å². The molecule has 1 N–H and O–H groups in total. The number of anilines is 1. The van der Waals surface area contributed by atoms with Gasteiger partial charge in [0.15, 0.2) is 0 Å². The molecule has 1 aliphatic rings. The summed E-state index contributed by atoms with van der Waals surface area (Å²) in [7, 11) is 3.88. The van der Waals surface area contributed by atoms with E-state index in [-0.39, 0.29) is 17.9 Å². The molecule has 1 unspecified atom stereocenters. The van der Waals surface area contributed by atoms with Crippen molar-refractivity contribution in [2.75, 3.05) is 25.6 Å². The molecule has 3 aromatic rings. The van der Waals surface area contributed by atoms with E-state index in [1.807, 2.05) is 56.3 Å². The van der Waals surface area contributed by atoms with E-state index in [4.69, 9.17) is 4.74 Å². The number of pyridine rings is 1. The number of hydrogen-bond acceptors (Lipinski definition) is 6. The molecule has 2 heterocycles. The highest BCUT2D eigenvalue weighted by atomic mass is 16.5. The lowest BCUT2D eigenvalue weighted by Crippen LogP contribution is -2.29. The molecule has 0 radical (unpaired) electrons. The third-order valence-electron chi connectivity index (χ3n) is 5.94. The number of hydrogen-bond donors (Lipinski definition) is 1. The molecule has 1 saturated heterocycles. The number of nitrogens with zero attached hydrogens (tertiary/aromatic N) is 3. The topological polar surface area (TPSA) is 83.0 Å². The summed E-state index contributed by atoms with van der Waals surface area (Å²) in [4.78, 5) is 34.0. The Morgan fingerprint density at radius 2 is 1.77 bits per heavy atom. The van der Waals surface area contributed by atoms with Gasteiger partial charge in [0.2, 0.25) is 0 Å². The maximum absolute atomic E-state index is 13.2. The first-order chi connectivity index (χ1) is 16.9. The first-order valence-corrected chi connectivity index (χ1v) is 11.6. The molecule has 7 nitrogen and oxygen atoms in total. The van der Waals surface area contributed by atoms with Crippen LogP contribution < -0.4 is 9.64 Å². The Hall–Kier alpha value is -4.13. The highest BCUT2D eigenvalue weighted by Gasteiger charge is 2.46. The summed E-state index contributed by atoms with van der Waals surface area (Å²) in [5.74, 6) is -0.892. The van der Waals surface area contributed by atoms with Crippen molar-refractivity contribution in [3.63, 3.8) is 0 Å². The summed E-state index contributed by atoms with van der Waals surface area (Å²) in [6.45, 7) is 2.81. The molecule has 1 amide bonds. The first kappa shape index (κ1) is 24.0. The lowest BCUT2D eigenvalue weighted by molar-refractivity contribution is -0.140. The van der Waals surface area contributed by atoms with Gasteiger partial charge in [0.1, 0.15) is 11.5 Å². The zero-order valence-corrected chi connectivity index (χ0v) is 20.1. The van der Waals surface area contributed by atoms with Crippen molar-refractivity contribution in [2.24, 2.45) is 0 Å². The second-order valence-corrected chi connectivity index (χ2v) is 8.65. The van der Waals surface area contributed by atoms with Crippen LogP contribution in [0.4, 0.5) is 5.69 Å². The third-order valence-corrected chi connectivity index (χ3v) is 5.94. The highest BCUT2D eigenvalue weighted by Crippen LogP contribution is 2.40. The van der Waals surface area contributed by atoms with Crippen LogP contribution in [0.25, 0.3) is 5.76 Å². The van der Waals surface area contributed by atoms with Crippen molar-refractivity contribution in [3.8, 4) is 5.75 Å². The number of aliphatic hydroxyl groups is 1. The number of aromatic nitrogens is 1. The number of carbonyl (C=O) groups is 2. The molecular weight excluding hydrogens is 442 g/mol. The molecule has 180 valence electrons. The van der Waals surface area contributed by atoms with Gasteiger partial charge in [0.25, 0.3) is 11.7 Å². The number of carbonyl (C=O) groups excluding carboxylic acids is 2. The molecule has 7 heteroatoms. The summed E-state index contributed by atoms with van der Waals surface area (Å²) in [6.07, 6.45) is 4.21. The Labute approximate surface area is 205 Å². The fourth-order valence-electron chi connectivity index (χ4n) is 4.12. The van der Waals surface area contributed by atoms with Gasteiger partial charge in [-0.15, -0.1) is 0 Å². The molecule has 1 aliphatic heterocycles. The van der Waals surface area contributed by atoms with Crippen LogP contribution in [0.3, 0.4) is 0 Å². The normalized spacial score (nSPS) is 17.0. The maximum Gasteiger partial charge on any atom is 0.295 e. The van der Waals surface area contributed by atoms with Gasteiger partial charge >= 0.3 is 0 Å². The van der Waals surface area contributed by atoms with Gasteiger partial charge in [0.05, 0.1) is 18.2 Å². The van der Waals surface area contributed by atoms with Gasteiger partial charge in [-0.25, -0.2) is 0 Å². The molecule has 4 rings (SSSR count). The monoisotopic (exact) mass is 471 g/mol. The molecule has 0 bridgehead atoms. The van der Waals surface area contributed by atoms with E-state index in [0.717, 1.165) is 23.2 Å². The van der Waals surface area contributed by atoms with Crippen LogP contribution in [0.5, 0.6) is 5.75 Å². The van der Waals surface area contributed by atoms with Crippen LogP contribution in [0.2, 0.25) is 0 Å². The third kappa shape index (κ3) is 5.04. The van der Waals surface area contributed by atoms with Crippen molar-refractivity contribution >= 4 is 23.1 Å². The van der Waals surface area contributed by atoms with Crippen molar-refractivity contribution in [3.05, 3.63) is 95.3 Å². The Kier molecular flexibility index (Phi) is 7.15. The summed E-state index contributed by atoms with van der Waals surface area (Å²) in [6, 6.07) is 17.4. The van der Waals surface area contributed by atoms with Crippen LogP contribution >= 0.6 is 0 Å². The zero-order valence-electron chi connectivity index (χ0n) is 20.1. The minimum atomic E-state index is -0.734. The molecule has 1 fully saturated rings. The number of rotatable bonds is 8. The zero-order chi connectivity index (χ0) is 24.9. The van der Waals surface area contributed by atoms with Gasteiger partial charge in [-0.3, -0.25) is 14.6 Å². The lowest BCUT2D eigenvalue weighted by Gasteiger charge is -2.26. The van der Waals surface area contributed by atoms with Gasteiger partial charge in [-0.2, -0.15) is 0 Å². The number of ether oxygens (including phenoxy) is 1. The largest absolute Gasteiger partial charge is 0.507 e. The molecular formula is C28H29N3O4. The molecule has 0 aliphatic carbocycles. The maximum atomic E-state index is 13.2. The number of benzene rings is 2. The summed E-state index contributed by atoms with van der Waals surface area (Å²) in [5.41, 5.74) is 3.03. The Bertz CT molecular complexity index is 1220. The SMILES string of the molecule is CCCOc1ccc(/C(O)=C2/C(=O)C(=O)N(Cc3cccnc3)C2c2ccc(N(C)C)cc2)cc1. The molecule has 1 atom stereocenters. The predicted octanol–water partition coefficient (Wildman–Crippen LogP) is 4.56. The van der Waals surface area contributed by atoms with E-state index in [9.17, 15) is 14.7 Å². The second kappa shape index (κ2) is 10.4. The first-order valence-electron chi connectivity index (χ1n) is 11.6. The predicted molar refractivity (Wildman–Crippen MR) is 135 cm³/mol. The Morgan fingerprint density at radius 1 is 1.06 bits per heavy atom. The minimum absolute atomic E-state index is 0.0683. The number of Topliss-reactive ketones (excluding diaryl/α,β-unsaturated/α-hetero) is 1. The van der Waals surface area contributed by atoms with Gasteiger partial charge < -0.3 is 19.6 Å². The van der Waals surface area contributed by atoms with Gasteiger partial charge in [0, 0.05) is 44.3 Å². The number of amides is 1. The quantitative estimate of drug-likeness (QED) is 0.295. The fourth-order valence-corrected chi connectivity index (χ4v) is 4.12. The highest BCUT2D eigenvalue weighted by molar-refractivity contribution is 6.46. The summed E-state index contributed by atoms with van der Waals surface area (Å²) >= 11 is 0. The van der Waals surface area contributed by atoms with E-state index < -0.39 is 17.7 Å². The molecule has 35 heavy (non-hydrogen) atoms. The van der Waals surface area contributed by atoms with Gasteiger partial charge in [-0.1, -0.05) is 25.1 Å².